The standard InChI is InChI=1S/C69H123N9O11/c1-10-14-18-22-26-30-34-38-42-60(43-39-35-31-27-23-19-15-11-2)87-64(80)51-73-50-59(75(8)71)56-86-67-66(62(53-74(6)7)89-68(67)77-47-46-63(79)78(69(77)82)57-84-49-48-83-9)85-55-58(70)52-76(72-5)54-65(81)88-61(44-40-36-32-28-24-20-16-12-3)45-41-37-33-29-25-21-17-13-4/h26-33,46-47,50,52,60-62,66-68,72-73H,10-25,34-45,48-49,51,53-57,70-71H2,1-9H3/p+2/b30-26-,31-27-,32-28-,33-29-,58-52-,59-50-/t62-,66-,67-,68-/m1/s1. The van der Waals surface area contributed by atoms with Crippen molar-refractivity contribution in [2.75, 3.05) is 81.4 Å². The number of methoxy groups -OCH3 is 1. The molecule has 0 aliphatic carbocycles. The van der Waals surface area contributed by atoms with Crippen LogP contribution >= 0.6 is 0 Å². The highest BCUT2D eigenvalue weighted by molar-refractivity contribution is 5.71. The fraction of sp³-hybridized carbons (Fsp3) is 0.739. The summed E-state index contributed by atoms with van der Waals surface area (Å²) in [5, 5.41) is 4.82. The fourth-order valence-corrected chi connectivity index (χ4v) is 10.3. The molecule has 0 unspecified atom stereocenters. The fourth-order valence-electron chi connectivity index (χ4n) is 10.3. The molecule has 20 heteroatoms. The number of aromatic nitrogens is 2. The van der Waals surface area contributed by atoms with Crippen LogP contribution in [0.15, 0.2) is 94.3 Å². The summed E-state index contributed by atoms with van der Waals surface area (Å²) in [5.74, 6) is 5.77. The Balaban J connectivity index is 2.39. The molecule has 89 heavy (non-hydrogen) atoms. The van der Waals surface area contributed by atoms with Crippen molar-refractivity contribution in [2.45, 2.75) is 251 Å². The molecule has 0 amide bonds. The predicted molar refractivity (Wildman–Crippen MR) is 357 cm³/mol. The number of esters is 2. The zero-order valence-corrected chi connectivity index (χ0v) is 56.9. The minimum Gasteiger partial charge on any atom is -0.461 e. The number of hydrazine groups is 1. The maximum atomic E-state index is 14.3. The number of carbonyl (C=O) groups is 2. The third kappa shape index (κ3) is 37.9. The molecular formula is C69H125N9O11+2. The lowest BCUT2D eigenvalue weighted by molar-refractivity contribution is -0.768. The van der Waals surface area contributed by atoms with Gasteiger partial charge < -0.3 is 54.1 Å². The molecule has 0 radical (unpaired) electrons. The highest BCUT2D eigenvalue weighted by Crippen LogP contribution is 2.34. The summed E-state index contributed by atoms with van der Waals surface area (Å²) < 4.78 is 45.5. The first-order valence-electron chi connectivity index (χ1n) is 34.2. The van der Waals surface area contributed by atoms with E-state index >= 15 is 0 Å². The van der Waals surface area contributed by atoms with E-state index < -0.39 is 35.8 Å². The number of nitrogens with two attached hydrogens (primary N) is 4. The molecule has 20 nitrogen and oxygen atoms in total. The number of ether oxygens (including phenoxy) is 7. The Kier molecular flexibility index (Phi) is 47.5. The van der Waals surface area contributed by atoms with Crippen molar-refractivity contribution >= 4 is 11.9 Å². The van der Waals surface area contributed by atoms with E-state index in [9.17, 15) is 19.2 Å². The van der Waals surface area contributed by atoms with Crippen LogP contribution < -0.4 is 33.6 Å². The first-order chi connectivity index (χ1) is 43.2. The van der Waals surface area contributed by atoms with Gasteiger partial charge in [-0.25, -0.2) is 35.2 Å². The van der Waals surface area contributed by atoms with Gasteiger partial charge in [0.2, 0.25) is 0 Å². The second-order valence-corrected chi connectivity index (χ2v) is 23.8. The quantitative estimate of drug-likeness (QED) is 0.0156. The van der Waals surface area contributed by atoms with Gasteiger partial charge >= 0.3 is 17.6 Å². The minimum absolute atomic E-state index is 0.0159. The van der Waals surface area contributed by atoms with Crippen LogP contribution in [-0.4, -0.2) is 148 Å². The van der Waals surface area contributed by atoms with Gasteiger partial charge in [0.25, 0.3) is 5.56 Å². The molecule has 0 spiro atoms. The number of carbonyl (C=O) groups excluding carboxylic acids is 2. The molecule has 1 saturated heterocycles. The largest absolute Gasteiger partial charge is 0.461 e. The molecule has 0 bridgehead atoms. The molecule has 1 aliphatic heterocycles. The Bertz CT molecular complexity index is 2230. The van der Waals surface area contributed by atoms with E-state index in [1.54, 1.807) is 35.2 Å². The highest BCUT2D eigenvalue weighted by atomic mass is 16.6. The summed E-state index contributed by atoms with van der Waals surface area (Å²) >= 11 is 0. The summed E-state index contributed by atoms with van der Waals surface area (Å²) in [6, 6.07) is 1.28. The van der Waals surface area contributed by atoms with Gasteiger partial charge in [-0.3, -0.25) is 9.36 Å². The van der Waals surface area contributed by atoms with Gasteiger partial charge in [0.05, 0.1) is 45.4 Å². The van der Waals surface area contributed by atoms with E-state index in [0.29, 0.717) is 17.9 Å². The van der Waals surface area contributed by atoms with Gasteiger partial charge in [-0.2, -0.15) is 0 Å². The highest BCUT2D eigenvalue weighted by Gasteiger charge is 2.48. The molecule has 1 fully saturated rings. The van der Waals surface area contributed by atoms with E-state index in [0.717, 1.165) is 107 Å². The van der Waals surface area contributed by atoms with E-state index in [1.165, 1.54) is 106 Å². The summed E-state index contributed by atoms with van der Waals surface area (Å²) in [7, 11) is 8.83. The van der Waals surface area contributed by atoms with Gasteiger partial charge in [0.1, 0.15) is 49.1 Å². The third-order valence-corrected chi connectivity index (χ3v) is 15.5. The van der Waals surface area contributed by atoms with Crippen LogP contribution in [0.25, 0.3) is 0 Å². The molecule has 2 heterocycles. The lowest BCUT2D eigenvalue weighted by atomic mass is 10.0. The van der Waals surface area contributed by atoms with E-state index in [2.05, 4.69) is 76.3 Å². The maximum absolute atomic E-state index is 14.3. The van der Waals surface area contributed by atoms with Crippen molar-refractivity contribution in [1.82, 2.24) is 24.1 Å². The van der Waals surface area contributed by atoms with Crippen LogP contribution in [0.5, 0.6) is 0 Å². The molecule has 1 aromatic rings. The van der Waals surface area contributed by atoms with Crippen LogP contribution in [0.4, 0.5) is 0 Å². The Morgan fingerprint density at radius 2 is 1.13 bits per heavy atom. The molecule has 1 aliphatic rings. The van der Waals surface area contributed by atoms with Gasteiger partial charge in [0.15, 0.2) is 19.3 Å². The normalized spacial score (nSPS) is 16.7. The first-order valence-corrected chi connectivity index (χ1v) is 34.2. The SMILES string of the molecule is CCCCC/C=C\CCCC(CCC/C=C\CCCCC)OC(=O)C[NH2+]/C=C(/CO[C@@H]1[C@H](OC/C(N)=C/N(CC(=O)OC(CCC/C=C\CCCCC)CCC/C=C\CCCCC)[NH2+]C)[C@@H](CN(C)C)O[C@H]1n1ccc(=O)n(COCCOC)c1=O)N(C)N. The monoisotopic (exact) mass is 1260 g/mol. The lowest BCUT2D eigenvalue weighted by Crippen LogP contribution is -2.89. The van der Waals surface area contributed by atoms with Crippen molar-refractivity contribution in [3.8, 4) is 0 Å². The summed E-state index contributed by atoms with van der Waals surface area (Å²) in [4.78, 5) is 56.6. The average Bonchev–Trinajstić information content (AvgIpc) is 1.73. The molecular weight excluding hydrogens is 1130 g/mol. The number of unbranched alkanes of at least 4 members (excludes halogenated alkanes) is 16. The van der Waals surface area contributed by atoms with Crippen LogP contribution in [-0.2, 0) is 49.5 Å². The first kappa shape index (κ1) is 80.2. The number of quaternary nitrogens is 2. The van der Waals surface area contributed by atoms with Crippen molar-refractivity contribution in [2.24, 2.45) is 11.6 Å². The zero-order valence-electron chi connectivity index (χ0n) is 56.9. The van der Waals surface area contributed by atoms with Crippen LogP contribution in [0.2, 0.25) is 0 Å². The number of rotatable bonds is 56. The Morgan fingerprint density at radius 1 is 0.663 bits per heavy atom. The van der Waals surface area contributed by atoms with Gasteiger partial charge in [-0.05, 0) is 143 Å². The summed E-state index contributed by atoms with van der Waals surface area (Å²) in [5.41, 5.74) is 8.09. The summed E-state index contributed by atoms with van der Waals surface area (Å²) in [6.45, 7) is 9.11. The number of allylic oxidation sites excluding steroid dienone is 8. The molecule has 4 atom stereocenters. The second-order valence-electron chi connectivity index (χ2n) is 23.8. The zero-order chi connectivity index (χ0) is 65.1. The van der Waals surface area contributed by atoms with E-state index in [4.69, 9.17) is 44.7 Å². The maximum Gasteiger partial charge on any atom is 0.362 e. The van der Waals surface area contributed by atoms with Crippen molar-refractivity contribution < 1.29 is 53.5 Å². The minimum atomic E-state index is -1.10. The summed E-state index contributed by atoms with van der Waals surface area (Å²) in [6.07, 6.45) is 48.5. The number of hydrogen-bond acceptors (Lipinski definition) is 16. The van der Waals surface area contributed by atoms with Gasteiger partial charge in [-0.1, -0.05) is 128 Å². The van der Waals surface area contributed by atoms with Crippen LogP contribution in [0, 0.1) is 0 Å². The molecule has 0 aromatic carbocycles. The Labute approximate surface area is 536 Å². The molecule has 0 saturated carbocycles. The molecule has 2 rings (SSSR count). The number of hydrogen-bond donors (Lipinski definition) is 4. The molecule has 8 N–H and O–H groups in total. The Hall–Kier alpha value is -4.90. The number of likely N-dealkylation sites (N-methyl/N-ethyl adjacent to an activating group) is 2. The van der Waals surface area contributed by atoms with Crippen molar-refractivity contribution in [3.05, 3.63) is 106 Å². The molecule has 1 aromatic heterocycles. The predicted octanol–water partition coefficient (Wildman–Crippen LogP) is 9.33. The third-order valence-electron chi connectivity index (χ3n) is 15.5. The topological polar surface area (TPSA) is 238 Å². The van der Waals surface area contributed by atoms with Gasteiger partial charge in [-0.15, -0.1) is 0 Å². The average molecular weight is 1260 g/mol. The molecule has 510 valence electrons. The smallest absolute Gasteiger partial charge is 0.362 e. The van der Waals surface area contributed by atoms with Crippen molar-refractivity contribution in [3.63, 3.8) is 0 Å². The number of nitrogens with zero attached hydrogens (tertiary/aromatic N) is 5. The second kappa shape index (κ2) is 52.7. The van der Waals surface area contributed by atoms with Crippen molar-refractivity contribution in [1.29, 1.82) is 0 Å². The van der Waals surface area contributed by atoms with E-state index in [-0.39, 0.29) is 70.4 Å². The van der Waals surface area contributed by atoms with Gasteiger partial charge in [0, 0.05) is 33.0 Å². The Morgan fingerprint density at radius 3 is 1.58 bits per heavy atom. The van der Waals surface area contributed by atoms with E-state index in [1.807, 2.05) is 26.0 Å². The lowest BCUT2D eigenvalue weighted by Gasteiger charge is -2.27. The van der Waals surface area contributed by atoms with Crippen LogP contribution in [0.3, 0.4) is 0 Å². The van der Waals surface area contributed by atoms with Crippen LogP contribution in [0.1, 0.15) is 214 Å².